The number of hydrogen-bond donors (Lipinski definition) is 2. The molecule has 2 N–H and O–H groups in total. The van der Waals surface area contributed by atoms with E-state index in [0.29, 0.717) is 12.2 Å². The summed E-state index contributed by atoms with van der Waals surface area (Å²) in [5, 5.41) is 6.20. The molecule has 11 heteroatoms. The van der Waals surface area contributed by atoms with Crippen molar-refractivity contribution < 1.29 is 33.4 Å². The zero-order chi connectivity index (χ0) is 29.9. The Morgan fingerprint density at radius 3 is 2.61 bits per heavy atom. The van der Waals surface area contributed by atoms with Crippen LogP contribution in [0.15, 0.2) is 49.2 Å². The molecule has 2 aliphatic rings. The molecule has 5 atom stereocenters. The zero-order valence-corrected chi connectivity index (χ0v) is 24.1. The Morgan fingerprint density at radius 2 is 1.95 bits per heavy atom. The average molecular weight is 567 g/mol. The third-order valence-corrected chi connectivity index (χ3v) is 7.14. The SMILES string of the molecule is C=CC1CC1(NC(=O)C1CC(Oc2ccnc3ccccc23)CN1C(=O)C(C)NC(=O)OC(C)(C)C)C(=O)OCC. The Hall–Kier alpha value is -4.15. The number of carbonyl (C=O) groups is 4. The van der Waals surface area contributed by atoms with Crippen LogP contribution in [0.4, 0.5) is 4.79 Å². The van der Waals surface area contributed by atoms with Crippen LogP contribution < -0.4 is 15.4 Å². The lowest BCUT2D eigenvalue weighted by Gasteiger charge is -2.29. The summed E-state index contributed by atoms with van der Waals surface area (Å²) in [5.41, 5.74) is -1.21. The molecule has 0 spiro atoms. The lowest BCUT2D eigenvalue weighted by Crippen LogP contribution is -2.56. The van der Waals surface area contributed by atoms with Gasteiger partial charge in [-0.1, -0.05) is 18.2 Å². The lowest BCUT2D eigenvalue weighted by molar-refractivity contribution is -0.150. The van der Waals surface area contributed by atoms with E-state index in [9.17, 15) is 19.2 Å². The first-order valence-electron chi connectivity index (χ1n) is 13.8. The number of para-hydroxylation sites is 1. The average Bonchev–Trinajstić information content (AvgIpc) is 3.47. The zero-order valence-electron chi connectivity index (χ0n) is 24.1. The summed E-state index contributed by atoms with van der Waals surface area (Å²) in [7, 11) is 0. The van der Waals surface area contributed by atoms with Gasteiger partial charge in [-0.15, -0.1) is 6.58 Å². The second-order valence-electron chi connectivity index (χ2n) is 11.4. The number of hydrogen-bond acceptors (Lipinski definition) is 8. The van der Waals surface area contributed by atoms with E-state index in [0.717, 1.165) is 10.9 Å². The highest BCUT2D eigenvalue weighted by molar-refractivity contribution is 5.96. The highest BCUT2D eigenvalue weighted by Gasteiger charge is 2.62. The molecule has 1 aromatic carbocycles. The van der Waals surface area contributed by atoms with Gasteiger partial charge in [-0.3, -0.25) is 14.6 Å². The maximum absolute atomic E-state index is 13.7. The first-order chi connectivity index (χ1) is 19.4. The molecule has 1 aliphatic carbocycles. The highest BCUT2D eigenvalue weighted by atomic mass is 16.6. The van der Waals surface area contributed by atoms with Crippen LogP contribution in [0, 0.1) is 5.92 Å². The summed E-state index contributed by atoms with van der Waals surface area (Å²) in [6.45, 7) is 12.4. The molecule has 0 radical (unpaired) electrons. The number of aromatic nitrogens is 1. The predicted molar refractivity (Wildman–Crippen MR) is 151 cm³/mol. The number of fused-ring (bicyclic) bond motifs is 1. The number of nitrogens with zero attached hydrogens (tertiary/aromatic N) is 2. The first-order valence-corrected chi connectivity index (χ1v) is 13.8. The van der Waals surface area contributed by atoms with Gasteiger partial charge in [-0.2, -0.15) is 0 Å². The summed E-state index contributed by atoms with van der Waals surface area (Å²) >= 11 is 0. The van der Waals surface area contributed by atoms with Crippen molar-refractivity contribution in [3.63, 3.8) is 0 Å². The van der Waals surface area contributed by atoms with E-state index in [1.165, 1.54) is 11.8 Å². The van der Waals surface area contributed by atoms with Crippen LogP contribution in [0.5, 0.6) is 5.75 Å². The van der Waals surface area contributed by atoms with Gasteiger partial charge in [-0.05, 0) is 59.2 Å². The van der Waals surface area contributed by atoms with Crippen molar-refractivity contribution in [1.82, 2.24) is 20.5 Å². The van der Waals surface area contributed by atoms with Gasteiger partial charge < -0.3 is 29.7 Å². The molecular weight excluding hydrogens is 528 g/mol. The molecule has 0 bridgehead atoms. The molecular formula is C30H38N4O7. The predicted octanol–water partition coefficient (Wildman–Crippen LogP) is 3.12. The number of pyridine rings is 1. The second-order valence-corrected chi connectivity index (χ2v) is 11.4. The van der Waals surface area contributed by atoms with Crippen LogP contribution in [-0.4, -0.2) is 76.2 Å². The van der Waals surface area contributed by atoms with Crippen LogP contribution >= 0.6 is 0 Å². The maximum atomic E-state index is 13.7. The fraction of sp³-hybridized carbons (Fsp3) is 0.500. The van der Waals surface area contributed by atoms with E-state index in [-0.39, 0.29) is 25.5 Å². The lowest BCUT2D eigenvalue weighted by atomic mass is 10.1. The van der Waals surface area contributed by atoms with Crippen LogP contribution in [0.25, 0.3) is 10.9 Å². The van der Waals surface area contributed by atoms with Crippen molar-refractivity contribution in [3.05, 3.63) is 49.2 Å². The number of alkyl carbamates (subject to hydrolysis) is 1. The molecule has 2 heterocycles. The Morgan fingerprint density at radius 1 is 1.22 bits per heavy atom. The normalized spacial score (nSPS) is 24.2. The summed E-state index contributed by atoms with van der Waals surface area (Å²) < 4.78 is 16.8. The van der Waals surface area contributed by atoms with Crippen molar-refractivity contribution in [2.24, 2.45) is 5.92 Å². The number of esters is 1. The molecule has 5 unspecified atom stereocenters. The number of rotatable bonds is 9. The number of nitrogens with one attached hydrogen (secondary N) is 2. The van der Waals surface area contributed by atoms with Crippen LogP contribution in [0.3, 0.4) is 0 Å². The molecule has 41 heavy (non-hydrogen) atoms. The van der Waals surface area contributed by atoms with Crippen molar-refractivity contribution in [1.29, 1.82) is 0 Å². The molecule has 2 aromatic rings. The minimum absolute atomic E-state index is 0.0885. The molecule has 1 aliphatic heterocycles. The molecule has 4 rings (SSSR count). The molecule has 220 valence electrons. The largest absolute Gasteiger partial charge is 0.488 e. The molecule has 1 aromatic heterocycles. The van der Waals surface area contributed by atoms with Crippen molar-refractivity contribution >= 4 is 34.8 Å². The molecule has 1 saturated heterocycles. The van der Waals surface area contributed by atoms with E-state index < -0.39 is 53.2 Å². The van der Waals surface area contributed by atoms with Gasteiger partial charge >= 0.3 is 12.1 Å². The number of ether oxygens (including phenoxy) is 3. The summed E-state index contributed by atoms with van der Waals surface area (Å²) in [4.78, 5) is 58.2. The van der Waals surface area contributed by atoms with E-state index in [1.807, 2.05) is 24.3 Å². The van der Waals surface area contributed by atoms with Crippen molar-refractivity contribution in [2.75, 3.05) is 13.2 Å². The molecule has 2 fully saturated rings. The van der Waals surface area contributed by atoms with Gasteiger partial charge in [0, 0.05) is 23.9 Å². The van der Waals surface area contributed by atoms with E-state index in [4.69, 9.17) is 14.2 Å². The first kappa shape index (κ1) is 29.8. The number of benzene rings is 1. The number of carbonyl (C=O) groups excluding carboxylic acids is 4. The van der Waals surface area contributed by atoms with Crippen molar-refractivity contribution in [3.8, 4) is 5.75 Å². The Bertz CT molecular complexity index is 1330. The topological polar surface area (TPSA) is 136 Å². The maximum Gasteiger partial charge on any atom is 0.408 e. The number of likely N-dealkylation sites (tertiary alicyclic amines) is 1. The fourth-order valence-electron chi connectivity index (χ4n) is 5.09. The molecule has 3 amide bonds. The van der Waals surface area contributed by atoms with Crippen molar-refractivity contribution in [2.45, 2.75) is 76.8 Å². The van der Waals surface area contributed by atoms with Gasteiger partial charge in [0.25, 0.3) is 0 Å². The standard InChI is InChI=1S/C30H38N4O7/c1-7-19-16-30(19,27(37)39-8-2)33-25(35)23-15-20(40-24-13-14-31-22-12-10-9-11-21(22)24)17-34(23)26(36)18(3)32-28(38)41-29(4,5)6/h7,9-14,18-20,23H,1,8,15-17H2,2-6H3,(H,32,38)(H,33,35). The number of amides is 3. The third kappa shape index (κ3) is 6.61. The van der Waals surface area contributed by atoms with Gasteiger partial charge in [0.05, 0.1) is 18.7 Å². The van der Waals surface area contributed by atoms with Gasteiger partial charge in [0.2, 0.25) is 11.8 Å². The van der Waals surface area contributed by atoms with E-state index >= 15 is 0 Å². The van der Waals surface area contributed by atoms with Crippen LogP contribution in [-0.2, 0) is 23.9 Å². The molecule has 11 nitrogen and oxygen atoms in total. The van der Waals surface area contributed by atoms with E-state index in [1.54, 1.807) is 46.0 Å². The van der Waals surface area contributed by atoms with Gasteiger partial charge in [0.15, 0.2) is 0 Å². The third-order valence-electron chi connectivity index (χ3n) is 7.14. The smallest absolute Gasteiger partial charge is 0.408 e. The van der Waals surface area contributed by atoms with Crippen LogP contribution in [0.1, 0.15) is 47.5 Å². The Balaban J connectivity index is 1.56. The minimum Gasteiger partial charge on any atom is -0.488 e. The Labute approximate surface area is 239 Å². The quantitative estimate of drug-likeness (QED) is 0.349. The van der Waals surface area contributed by atoms with Gasteiger partial charge in [-0.25, -0.2) is 9.59 Å². The van der Waals surface area contributed by atoms with E-state index in [2.05, 4.69) is 22.2 Å². The summed E-state index contributed by atoms with van der Waals surface area (Å²) in [5.74, 6) is -1.23. The minimum atomic E-state index is -1.22. The monoisotopic (exact) mass is 566 g/mol. The second kappa shape index (κ2) is 11.8. The molecule has 1 saturated carbocycles. The Kier molecular flexibility index (Phi) is 8.55. The summed E-state index contributed by atoms with van der Waals surface area (Å²) in [6, 6.07) is 7.31. The highest BCUT2D eigenvalue weighted by Crippen LogP contribution is 2.45. The fourth-order valence-corrected chi connectivity index (χ4v) is 5.09. The van der Waals surface area contributed by atoms with Gasteiger partial charge in [0.1, 0.15) is 35.1 Å². The summed E-state index contributed by atoms with van der Waals surface area (Å²) in [6.07, 6.45) is 2.50. The van der Waals surface area contributed by atoms with Crippen LogP contribution in [0.2, 0.25) is 0 Å².